The van der Waals surface area contributed by atoms with Crippen LogP contribution in [0.5, 0.6) is 0 Å². The molecule has 1 aliphatic carbocycles. The summed E-state index contributed by atoms with van der Waals surface area (Å²) in [6, 6.07) is 0. The molecule has 17 heavy (non-hydrogen) atoms. The van der Waals surface area contributed by atoms with E-state index in [0.29, 0.717) is 12.0 Å². The van der Waals surface area contributed by atoms with Crippen LogP contribution in [0, 0.1) is 10.8 Å². The average molecular weight is 240 g/mol. The SMILES string of the molecule is CCC(C)(CN)C(=O)NCC1(C)CCCCC1. The molecule has 1 atom stereocenters. The van der Waals surface area contributed by atoms with Crippen molar-refractivity contribution < 1.29 is 4.79 Å². The van der Waals surface area contributed by atoms with E-state index in [1.165, 1.54) is 32.1 Å². The number of amides is 1. The molecule has 1 unspecified atom stereocenters. The summed E-state index contributed by atoms with van der Waals surface area (Å²) < 4.78 is 0. The van der Waals surface area contributed by atoms with Crippen molar-refractivity contribution >= 4 is 5.91 Å². The van der Waals surface area contributed by atoms with Crippen LogP contribution in [0.1, 0.15) is 59.3 Å². The van der Waals surface area contributed by atoms with Crippen molar-refractivity contribution in [2.24, 2.45) is 16.6 Å². The molecule has 1 rings (SSSR count). The predicted octanol–water partition coefficient (Wildman–Crippen LogP) is 2.45. The molecule has 0 saturated heterocycles. The van der Waals surface area contributed by atoms with Crippen LogP contribution in [-0.4, -0.2) is 19.0 Å². The molecular formula is C14H28N2O. The standard InChI is InChI=1S/C14H28N2O/c1-4-14(3,10-15)12(17)16-11-13(2)8-6-5-7-9-13/h4-11,15H2,1-3H3,(H,16,17). The maximum Gasteiger partial charge on any atom is 0.227 e. The number of nitrogens with two attached hydrogens (primary N) is 1. The molecule has 0 bridgehead atoms. The zero-order valence-electron chi connectivity index (χ0n) is 11.6. The van der Waals surface area contributed by atoms with Crippen molar-refractivity contribution in [3.05, 3.63) is 0 Å². The van der Waals surface area contributed by atoms with Gasteiger partial charge in [-0.15, -0.1) is 0 Å². The molecule has 1 amide bonds. The maximum atomic E-state index is 12.1. The molecule has 1 saturated carbocycles. The van der Waals surface area contributed by atoms with Gasteiger partial charge in [-0.1, -0.05) is 33.1 Å². The summed E-state index contributed by atoms with van der Waals surface area (Å²) in [6.45, 7) is 7.49. The smallest absolute Gasteiger partial charge is 0.227 e. The lowest BCUT2D eigenvalue weighted by atomic mass is 9.75. The number of hydrogen-bond acceptors (Lipinski definition) is 2. The van der Waals surface area contributed by atoms with E-state index in [4.69, 9.17) is 5.73 Å². The molecular weight excluding hydrogens is 212 g/mol. The molecule has 1 aliphatic rings. The van der Waals surface area contributed by atoms with Crippen LogP contribution in [0.15, 0.2) is 0 Å². The molecule has 1 fully saturated rings. The van der Waals surface area contributed by atoms with Crippen molar-refractivity contribution in [2.75, 3.05) is 13.1 Å². The number of nitrogens with one attached hydrogen (secondary N) is 1. The fourth-order valence-electron chi connectivity index (χ4n) is 2.49. The Morgan fingerprint density at radius 2 is 1.94 bits per heavy atom. The number of carbonyl (C=O) groups is 1. The van der Waals surface area contributed by atoms with Crippen LogP contribution in [0.3, 0.4) is 0 Å². The van der Waals surface area contributed by atoms with Gasteiger partial charge in [-0.25, -0.2) is 0 Å². The quantitative estimate of drug-likeness (QED) is 0.775. The Labute approximate surface area is 106 Å². The molecule has 0 spiro atoms. The summed E-state index contributed by atoms with van der Waals surface area (Å²) in [5.41, 5.74) is 5.60. The van der Waals surface area contributed by atoms with E-state index in [-0.39, 0.29) is 5.91 Å². The summed E-state index contributed by atoms with van der Waals surface area (Å²) in [5, 5.41) is 3.12. The highest BCUT2D eigenvalue weighted by Gasteiger charge is 2.32. The first-order valence-electron chi connectivity index (χ1n) is 6.94. The van der Waals surface area contributed by atoms with Gasteiger partial charge in [0.1, 0.15) is 0 Å². The summed E-state index contributed by atoms with van der Waals surface area (Å²) >= 11 is 0. The second-order valence-corrected chi connectivity index (χ2v) is 6.17. The fraction of sp³-hybridized carbons (Fsp3) is 0.929. The van der Waals surface area contributed by atoms with Gasteiger partial charge in [-0.3, -0.25) is 4.79 Å². The molecule has 0 heterocycles. The van der Waals surface area contributed by atoms with Gasteiger partial charge >= 0.3 is 0 Å². The molecule has 0 aromatic carbocycles. The lowest BCUT2D eigenvalue weighted by molar-refractivity contribution is -0.130. The Hall–Kier alpha value is -0.570. The third-order valence-electron chi connectivity index (χ3n) is 4.52. The number of carbonyl (C=O) groups excluding carboxylic acids is 1. The van der Waals surface area contributed by atoms with Crippen LogP contribution in [-0.2, 0) is 4.79 Å². The third-order valence-corrected chi connectivity index (χ3v) is 4.52. The van der Waals surface area contributed by atoms with Gasteiger partial charge in [-0.05, 0) is 31.6 Å². The normalized spacial score (nSPS) is 22.8. The van der Waals surface area contributed by atoms with Crippen LogP contribution < -0.4 is 11.1 Å². The van der Waals surface area contributed by atoms with Crippen LogP contribution in [0.25, 0.3) is 0 Å². The topological polar surface area (TPSA) is 55.1 Å². The van der Waals surface area contributed by atoms with Gasteiger partial charge in [0.05, 0.1) is 5.41 Å². The Kier molecular flexibility index (Phi) is 4.99. The Morgan fingerprint density at radius 1 is 1.35 bits per heavy atom. The van der Waals surface area contributed by atoms with E-state index in [9.17, 15) is 4.79 Å². The highest BCUT2D eigenvalue weighted by Crippen LogP contribution is 2.35. The van der Waals surface area contributed by atoms with Crippen molar-refractivity contribution in [2.45, 2.75) is 59.3 Å². The van der Waals surface area contributed by atoms with Crippen molar-refractivity contribution in [3.8, 4) is 0 Å². The van der Waals surface area contributed by atoms with Gasteiger partial charge in [-0.2, -0.15) is 0 Å². The number of rotatable bonds is 5. The Balaban J connectivity index is 2.46. The first-order valence-corrected chi connectivity index (χ1v) is 6.94. The van der Waals surface area contributed by atoms with Crippen LogP contribution in [0.2, 0.25) is 0 Å². The van der Waals surface area contributed by atoms with Gasteiger partial charge in [0.15, 0.2) is 0 Å². The van der Waals surface area contributed by atoms with E-state index in [2.05, 4.69) is 12.2 Å². The van der Waals surface area contributed by atoms with Crippen molar-refractivity contribution in [3.63, 3.8) is 0 Å². The molecule has 0 aliphatic heterocycles. The number of hydrogen-bond donors (Lipinski definition) is 2. The average Bonchev–Trinajstić information content (AvgIpc) is 2.36. The first kappa shape index (κ1) is 14.5. The summed E-state index contributed by atoms with van der Waals surface area (Å²) in [7, 11) is 0. The maximum absolute atomic E-state index is 12.1. The molecule has 0 aromatic rings. The predicted molar refractivity (Wildman–Crippen MR) is 71.7 cm³/mol. The Morgan fingerprint density at radius 3 is 2.41 bits per heavy atom. The Bertz CT molecular complexity index is 253. The molecule has 3 N–H and O–H groups in total. The molecule has 3 heteroatoms. The second kappa shape index (κ2) is 5.85. The lowest BCUT2D eigenvalue weighted by Gasteiger charge is -2.35. The highest BCUT2D eigenvalue weighted by molar-refractivity contribution is 5.82. The van der Waals surface area contributed by atoms with Gasteiger partial charge < -0.3 is 11.1 Å². The van der Waals surface area contributed by atoms with Crippen molar-refractivity contribution in [1.29, 1.82) is 0 Å². The molecule has 0 aromatic heterocycles. The van der Waals surface area contributed by atoms with Crippen LogP contribution >= 0.6 is 0 Å². The van der Waals surface area contributed by atoms with E-state index in [1.54, 1.807) is 0 Å². The zero-order chi connectivity index (χ0) is 12.9. The van der Waals surface area contributed by atoms with Gasteiger partial charge in [0.25, 0.3) is 0 Å². The highest BCUT2D eigenvalue weighted by atomic mass is 16.2. The molecule has 0 radical (unpaired) electrons. The first-order chi connectivity index (χ1) is 7.96. The fourth-order valence-corrected chi connectivity index (χ4v) is 2.49. The van der Waals surface area contributed by atoms with Gasteiger partial charge in [0, 0.05) is 13.1 Å². The van der Waals surface area contributed by atoms with E-state index in [0.717, 1.165) is 13.0 Å². The summed E-state index contributed by atoms with van der Waals surface area (Å²) in [4.78, 5) is 12.1. The minimum absolute atomic E-state index is 0.120. The third kappa shape index (κ3) is 3.70. The van der Waals surface area contributed by atoms with E-state index >= 15 is 0 Å². The second-order valence-electron chi connectivity index (χ2n) is 6.17. The van der Waals surface area contributed by atoms with Crippen LogP contribution in [0.4, 0.5) is 0 Å². The summed E-state index contributed by atoms with van der Waals surface area (Å²) in [5.74, 6) is 0.120. The van der Waals surface area contributed by atoms with E-state index in [1.807, 2.05) is 13.8 Å². The van der Waals surface area contributed by atoms with Crippen molar-refractivity contribution in [1.82, 2.24) is 5.32 Å². The van der Waals surface area contributed by atoms with Gasteiger partial charge in [0.2, 0.25) is 5.91 Å². The molecule has 3 nitrogen and oxygen atoms in total. The monoisotopic (exact) mass is 240 g/mol. The summed E-state index contributed by atoms with van der Waals surface area (Å²) in [6.07, 6.45) is 7.21. The largest absolute Gasteiger partial charge is 0.355 e. The lowest BCUT2D eigenvalue weighted by Crippen LogP contribution is -2.47. The minimum Gasteiger partial charge on any atom is -0.355 e. The minimum atomic E-state index is -0.398. The molecule has 100 valence electrons. The zero-order valence-corrected chi connectivity index (χ0v) is 11.6. The van der Waals surface area contributed by atoms with E-state index < -0.39 is 5.41 Å².